The van der Waals surface area contributed by atoms with Crippen LogP contribution in [0.5, 0.6) is 0 Å². The minimum Gasteiger partial charge on any atom is -0.466 e. The summed E-state index contributed by atoms with van der Waals surface area (Å²) in [6, 6.07) is 0. The molecule has 0 amide bonds. The Bertz CT molecular complexity index is 231. The van der Waals surface area contributed by atoms with Gasteiger partial charge in [0.1, 0.15) is 0 Å². The van der Waals surface area contributed by atoms with Crippen LogP contribution in [0.4, 0.5) is 0 Å². The van der Waals surface area contributed by atoms with Crippen molar-refractivity contribution in [1.29, 1.82) is 0 Å². The van der Waals surface area contributed by atoms with E-state index >= 15 is 0 Å². The van der Waals surface area contributed by atoms with Crippen LogP contribution in [-0.2, 0) is 9.53 Å². The second-order valence-electron chi connectivity index (χ2n) is 4.59. The zero-order valence-corrected chi connectivity index (χ0v) is 10.5. The lowest BCUT2D eigenvalue weighted by Gasteiger charge is -2.08. The molecule has 2 heteroatoms. The number of methoxy groups -OCH3 is 1. The third-order valence-corrected chi connectivity index (χ3v) is 3.24. The van der Waals surface area contributed by atoms with Crippen molar-refractivity contribution >= 4 is 5.97 Å². The van der Waals surface area contributed by atoms with E-state index in [1.165, 1.54) is 52.1 Å². The highest BCUT2D eigenvalue weighted by Crippen LogP contribution is 2.17. The third-order valence-electron chi connectivity index (χ3n) is 3.24. The number of allylic oxidation sites excluding steroid dienone is 1. The first-order valence-electron chi connectivity index (χ1n) is 6.62. The summed E-state index contributed by atoms with van der Waals surface area (Å²) in [6.45, 7) is 0. The van der Waals surface area contributed by atoms with Crippen molar-refractivity contribution < 1.29 is 9.53 Å². The fraction of sp³-hybridized carbons (Fsp3) is 0.786. The van der Waals surface area contributed by atoms with Crippen molar-refractivity contribution in [1.82, 2.24) is 0 Å². The van der Waals surface area contributed by atoms with Crippen molar-refractivity contribution in [2.24, 2.45) is 0 Å². The number of carbonyl (C=O) groups is 1. The molecule has 0 aromatic carbocycles. The van der Waals surface area contributed by atoms with Crippen molar-refractivity contribution in [3.63, 3.8) is 0 Å². The summed E-state index contributed by atoms with van der Waals surface area (Å²) in [5, 5.41) is 0. The molecule has 0 bridgehead atoms. The Labute approximate surface area is 99.1 Å². The zero-order chi connectivity index (χ0) is 11.6. The molecule has 0 saturated heterocycles. The van der Waals surface area contributed by atoms with Crippen LogP contribution in [-0.4, -0.2) is 13.1 Å². The predicted octanol–water partition coefficient (Wildman–Crippen LogP) is 4.00. The monoisotopic (exact) mass is 224 g/mol. The van der Waals surface area contributed by atoms with Crippen LogP contribution in [0.15, 0.2) is 11.6 Å². The number of rotatable bonds is 1. The second kappa shape index (κ2) is 8.37. The minimum absolute atomic E-state index is 0.128. The first kappa shape index (κ1) is 13.3. The summed E-state index contributed by atoms with van der Waals surface area (Å²) in [5.41, 5.74) is 0.892. The van der Waals surface area contributed by atoms with Gasteiger partial charge in [-0.2, -0.15) is 0 Å². The Balaban J connectivity index is 2.46. The van der Waals surface area contributed by atoms with Gasteiger partial charge in [-0.25, -0.2) is 4.79 Å². The molecule has 0 heterocycles. The molecule has 2 nitrogen and oxygen atoms in total. The molecule has 0 aromatic heterocycles. The molecule has 1 aliphatic rings. The highest BCUT2D eigenvalue weighted by atomic mass is 16.5. The van der Waals surface area contributed by atoms with Gasteiger partial charge in [0, 0.05) is 5.57 Å². The number of hydrogen-bond donors (Lipinski definition) is 0. The Kier molecular flexibility index (Phi) is 6.95. The molecule has 16 heavy (non-hydrogen) atoms. The Morgan fingerprint density at radius 3 is 2.19 bits per heavy atom. The van der Waals surface area contributed by atoms with E-state index < -0.39 is 0 Å². The molecule has 0 spiro atoms. The van der Waals surface area contributed by atoms with E-state index in [1.807, 2.05) is 0 Å². The van der Waals surface area contributed by atoms with Gasteiger partial charge in [-0.1, -0.05) is 44.6 Å². The van der Waals surface area contributed by atoms with Crippen molar-refractivity contribution in [2.75, 3.05) is 7.11 Å². The molecule has 0 unspecified atom stereocenters. The molecule has 0 saturated carbocycles. The second-order valence-corrected chi connectivity index (χ2v) is 4.59. The molecule has 0 fully saturated rings. The summed E-state index contributed by atoms with van der Waals surface area (Å²) < 4.78 is 4.81. The van der Waals surface area contributed by atoms with Gasteiger partial charge in [-0.3, -0.25) is 0 Å². The molecule has 1 aliphatic carbocycles. The number of carbonyl (C=O) groups excluding carboxylic acids is 1. The highest BCUT2D eigenvalue weighted by Gasteiger charge is 2.08. The van der Waals surface area contributed by atoms with E-state index in [9.17, 15) is 4.79 Å². The molecule has 0 N–H and O–H groups in total. The number of esters is 1. The van der Waals surface area contributed by atoms with Crippen LogP contribution in [0.3, 0.4) is 0 Å². The molecular formula is C14H24O2. The first-order chi connectivity index (χ1) is 7.84. The van der Waals surface area contributed by atoms with E-state index in [1.54, 1.807) is 0 Å². The lowest BCUT2D eigenvalue weighted by Crippen LogP contribution is -2.05. The van der Waals surface area contributed by atoms with Crippen LogP contribution in [0.1, 0.15) is 64.2 Å². The maximum atomic E-state index is 11.5. The summed E-state index contributed by atoms with van der Waals surface area (Å²) in [5.74, 6) is -0.128. The van der Waals surface area contributed by atoms with Gasteiger partial charge in [-0.15, -0.1) is 0 Å². The Morgan fingerprint density at radius 1 is 1.00 bits per heavy atom. The lowest BCUT2D eigenvalue weighted by atomic mass is 10.0. The smallest absolute Gasteiger partial charge is 0.333 e. The quantitative estimate of drug-likeness (QED) is 0.629. The summed E-state index contributed by atoms with van der Waals surface area (Å²) >= 11 is 0. The Hall–Kier alpha value is -0.790. The molecule has 0 atom stereocenters. The molecule has 1 rings (SSSR count). The highest BCUT2D eigenvalue weighted by molar-refractivity contribution is 5.88. The van der Waals surface area contributed by atoms with Crippen molar-refractivity contribution in [3.8, 4) is 0 Å². The molecule has 92 valence electrons. The van der Waals surface area contributed by atoms with Crippen LogP contribution >= 0.6 is 0 Å². The summed E-state index contributed by atoms with van der Waals surface area (Å²) in [7, 11) is 1.47. The van der Waals surface area contributed by atoms with Crippen LogP contribution in [0, 0.1) is 0 Å². The van der Waals surface area contributed by atoms with E-state index in [4.69, 9.17) is 4.74 Å². The van der Waals surface area contributed by atoms with Crippen molar-refractivity contribution in [2.45, 2.75) is 64.2 Å². The third kappa shape index (κ3) is 5.34. The van der Waals surface area contributed by atoms with Gasteiger partial charge in [0.05, 0.1) is 7.11 Å². The molecular weight excluding hydrogens is 200 g/mol. The molecule has 0 aromatic rings. The topological polar surface area (TPSA) is 26.3 Å². The van der Waals surface area contributed by atoms with Gasteiger partial charge >= 0.3 is 5.97 Å². The normalized spacial score (nSPS) is 23.4. The number of hydrogen-bond acceptors (Lipinski definition) is 2. The molecule has 0 radical (unpaired) electrons. The van der Waals surface area contributed by atoms with E-state index in [0.717, 1.165) is 24.8 Å². The van der Waals surface area contributed by atoms with Gasteiger partial charge in [0.2, 0.25) is 0 Å². The van der Waals surface area contributed by atoms with Gasteiger partial charge in [0.25, 0.3) is 0 Å². The SMILES string of the molecule is COC(=O)/C1=C/CCCCCCCCCC1. The maximum Gasteiger partial charge on any atom is 0.333 e. The van der Waals surface area contributed by atoms with E-state index in [0.29, 0.717) is 0 Å². The van der Waals surface area contributed by atoms with Crippen LogP contribution < -0.4 is 0 Å². The van der Waals surface area contributed by atoms with E-state index in [2.05, 4.69) is 6.08 Å². The van der Waals surface area contributed by atoms with Gasteiger partial charge < -0.3 is 4.74 Å². The summed E-state index contributed by atoms with van der Waals surface area (Å²) in [6.07, 6.45) is 14.3. The average molecular weight is 224 g/mol. The predicted molar refractivity (Wildman–Crippen MR) is 66.3 cm³/mol. The lowest BCUT2D eigenvalue weighted by molar-refractivity contribution is -0.136. The summed E-state index contributed by atoms with van der Waals surface area (Å²) in [4.78, 5) is 11.5. The van der Waals surface area contributed by atoms with Crippen LogP contribution in [0.25, 0.3) is 0 Å². The largest absolute Gasteiger partial charge is 0.466 e. The maximum absolute atomic E-state index is 11.5. The van der Waals surface area contributed by atoms with Crippen molar-refractivity contribution in [3.05, 3.63) is 11.6 Å². The Morgan fingerprint density at radius 2 is 1.56 bits per heavy atom. The van der Waals surface area contributed by atoms with Gasteiger partial charge in [0.15, 0.2) is 0 Å². The van der Waals surface area contributed by atoms with Crippen LogP contribution in [0.2, 0.25) is 0 Å². The number of ether oxygens (including phenoxy) is 1. The fourth-order valence-electron chi connectivity index (χ4n) is 2.22. The minimum atomic E-state index is -0.128. The van der Waals surface area contributed by atoms with Gasteiger partial charge in [-0.05, 0) is 25.7 Å². The van der Waals surface area contributed by atoms with E-state index in [-0.39, 0.29) is 5.97 Å². The standard InChI is InChI=1S/C14H24O2/c1-16-14(15)13-11-9-7-5-3-2-4-6-8-10-12-13/h11H,2-10,12H2,1H3/b13-11+. The zero-order valence-electron chi connectivity index (χ0n) is 10.5. The first-order valence-corrected chi connectivity index (χ1v) is 6.62. The fourth-order valence-corrected chi connectivity index (χ4v) is 2.22. The molecule has 0 aliphatic heterocycles. The average Bonchev–Trinajstić information content (AvgIpc) is 2.29.